The number of allylic oxidation sites excluding steroid dienone is 5. The quantitative estimate of drug-likeness (QED) is 0.279. The molecule has 3 heteroatoms. The van der Waals surface area contributed by atoms with Crippen LogP contribution >= 0.6 is 0 Å². The first-order valence-electron chi connectivity index (χ1n) is 14.0. The van der Waals surface area contributed by atoms with Crippen LogP contribution in [0.3, 0.4) is 0 Å². The molecule has 1 fully saturated rings. The SMILES string of the molecule is C=C(C)C1CC/C(C)=C/CC/C(C)=C/CC/C(C)=C/[C@H]1OC(=O)COC1C[C@H](C)CC[C@H]1C(C)C. The predicted octanol–water partition coefficient (Wildman–Crippen LogP) is 8.76. The first kappa shape index (κ1) is 29.6. The lowest BCUT2D eigenvalue weighted by atomic mass is 9.75. The van der Waals surface area contributed by atoms with E-state index in [1.165, 1.54) is 29.6 Å². The van der Waals surface area contributed by atoms with Gasteiger partial charge >= 0.3 is 5.97 Å². The maximum absolute atomic E-state index is 13.0. The van der Waals surface area contributed by atoms with Crippen LogP contribution in [0.25, 0.3) is 0 Å². The van der Waals surface area contributed by atoms with Crippen LogP contribution in [-0.4, -0.2) is 24.8 Å². The smallest absolute Gasteiger partial charge is 0.332 e. The van der Waals surface area contributed by atoms with Crippen molar-refractivity contribution in [3.8, 4) is 0 Å². The van der Waals surface area contributed by atoms with Gasteiger partial charge in [-0.3, -0.25) is 0 Å². The van der Waals surface area contributed by atoms with Crippen LogP contribution in [0.4, 0.5) is 0 Å². The average Bonchev–Trinajstić information content (AvgIpc) is 2.76. The number of esters is 1. The highest BCUT2D eigenvalue weighted by Crippen LogP contribution is 2.35. The zero-order valence-electron chi connectivity index (χ0n) is 23.7. The molecule has 0 heterocycles. The third-order valence-corrected chi connectivity index (χ3v) is 8.04. The molecule has 0 bridgehead atoms. The van der Waals surface area contributed by atoms with Crippen molar-refractivity contribution in [1.82, 2.24) is 0 Å². The number of hydrogen-bond acceptors (Lipinski definition) is 3. The van der Waals surface area contributed by atoms with E-state index >= 15 is 0 Å². The van der Waals surface area contributed by atoms with Gasteiger partial charge in [-0.2, -0.15) is 0 Å². The fraction of sp³-hybridized carbons (Fsp3) is 0.719. The van der Waals surface area contributed by atoms with Crippen LogP contribution in [0.1, 0.15) is 106 Å². The van der Waals surface area contributed by atoms with Crippen LogP contribution in [0.2, 0.25) is 0 Å². The highest BCUT2D eigenvalue weighted by molar-refractivity contribution is 5.71. The van der Waals surface area contributed by atoms with Gasteiger partial charge in [-0.05, 0) is 103 Å². The van der Waals surface area contributed by atoms with Gasteiger partial charge < -0.3 is 9.47 Å². The summed E-state index contributed by atoms with van der Waals surface area (Å²) in [5, 5.41) is 0. The molecule has 0 amide bonds. The first-order valence-corrected chi connectivity index (χ1v) is 14.0. The van der Waals surface area contributed by atoms with E-state index in [1.807, 2.05) is 0 Å². The molecule has 0 aliphatic heterocycles. The van der Waals surface area contributed by atoms with Gasteiger partial charge in [0.25, 0.3) is 0 Å². The largest absolute Gasteiger partial charge is 0.456 e. The minimum absolute atomic E-state index is 0.0355. The summed E-state index contributed by atoms with van der Waals surface area (Å²) in [5.41, 5.74) is 5.20. The van der Waals surface area contributed by atoms with Gasteiger partial charge in [-0.25, -0.2) is 4.79 Å². The summed E-state index contributed by atoms with van der Waals surface area (Å²) in [6.45, 7) is 19.8. The van der Waals surface area contributed by atoms with E-state index in [0.29, 0.717) is 17.8 Å². The summed E-state index contributed by atoms with van der Waals surface area (Å²) in [6, 6.07) is 0. The minimum atomic E-state index is -0.296. The van der Waals surface area contributed by atoms with E-state index in [2.05, 4.69) is 73.3 Å². The lowest BCUT2D eigenvalue weighted by molar-refractivity contribution is -0.159. The van der Waals surface area contributed by atoms with Crippen molar-refractivity contribution >= 4 is 5.97 Å². The molecular formula is C32H52O3. The molecular weight excluding hydrogens is 432 g/mol. The third kappa shape index (κ3) is 10.5. The average molecular weight is 485 g/mol. The molecule has 5 atom stereocenters. The summed E-state index contributed by atoms with van der Waals surface area (Å²) in [7, 11) is 0. The van der Waals surface area contributed by atoms with Crippen LogP contribution in [0, 0.1) is 23.7 Å². The number of carbonyl (C=O) groups is 1. The molecule has 0 saturated heterocycles. The standard InChI is InChI=1S/C32H52O3/c1-22(2)28-18-16-27(8)19-30(28)34-21-32(33)35-31-20-26(7)14-10-12-24(5)11-9-13-25(6)15-17-29(31)23(3)4/h12-13,20,22,27-31H,3,9-11,14-19,21H2,1-2,4-8H3/b24-12+,25-13+,26-20+/t27-,28+,29?,30?,31-/m1/s1. The van der Waals surface area contributed by atoms with E-state index in [0.717, 1.165) is 50.5 Å². The van der Waals surface area contributed by atoms with Crippen molar-refractivity contribution in [2.24, 2.45) is 23.7 Å². The second-order valence-electron chi connectivity index (χ2n) is 11.8. The molecule has 0 aromatic heterocycles. The topological polar surface area (TPSA) is 35.5 Å². The molecule has 0 aromatic carbocycles. The lowest BCUT2D eigenvalue weighted by Gasteiger charge is -2.37. The normalized spacial score (nSPS) is 33.9. The number of ether oxygens (including phenoxy) is 2. The number of rotatable bonds is 6. The van der Waals surface area contributed by atoms with Gasteiger partial charge in [-0.1, -0.05) is 68.2 Å². The van der Waals surface area contributed by atoms with Crippen molar-refractivity contribution in [2.75, 3.05) is 6.61 Å². The third-order valence-electron chi connectivity index (χ3n) is 8.04. The lowest BCUT2D eigenvalue weighted by Crippen LogP contribution is -2.36. The Morgan fingerprint density at radius 2 is 1.63 bits per heavy atom. The molecule has 2 aliphatic carbocycles. The molecule has 1 saturated carbocycles. The Labute approximate surface area is 216 Å². The summed E-state index contributed by atoms with van der Waals surface area (Å²) in [4.78, 5) is 13.0. The van der Waals surface area contributed by atoms with Crippen LogP contribution < -0.4 is 0 Å². The van der Waals surface area contributed by atoms with Gasteiger partial charge in [0.05, 0.1) is 6.10 Å². The Kier molecular flexibility index (Phi) is 12.6. The van der Waals surface area contributed by atoms with Crippen LogP contribution in [0.15, 0.2) is 47.1 Å². The Bertz CT molecular complexity index is 785. The summed E-state index contributed by atoms with van der Waals surface area (Å²) < 4.78 is 12.3. The Morgan fingerprint density at radius 3 is 2.26 bits per heavy atom. The Morgan fingerprint density at radius 1 is 1.00 bits per heavy atom. The molecule has 0 spiro atoms. The molecule has 2 unspecified atom stereocenters. The van der Waals surface area contributed by atoms with Crippen LogP contribution in [0.5, 0.6) is 0 Å². The van der Waals surface area contributed by atoms with Crippen molar-refractivity contribution < 1.29 is 14.3 Å². The maximum Gasteiger partial charge on any atom is 0.332 e. The van der Waals surface area contributed by atoms with Crippen molar-refractivity contribution in [1.29, 1.82) is 0 Å². The van der Waals surface area contributed by atoms with E-state index in [4.69, 9.17) is 9.47 Å². The maximum atomic E-state index is 13.0. The molecule has 0 N–H and O–H groups in total. The highest BCUT2D eigenvalue weighted by atomic mass is 16.6. The summed E-state index contributed by atoms with van der Waals surface area (Å²) >= 11 is 0. The highest BCUT2D eigenvalue weighted by Gasteiger charge is 2.32. The van der Waals surface area contributed by atoms with Crippen molar-refractivity contribution in [3.05, 3.63) is 47.1 Å². The molecule has 0 radical (unpaired) electrons. The predicted molar refractivity (Wildman–Crippen MR) is 148 cm³/mol. The number of hydrogen-bond donors (Lipinski definition) is 0. The second-order valence-corrected chi connectivity index (χ2v) is 11.8. The van der Waals surface area contributed by atoms with Crippen molar-refractivity contribution in [2.45, 2.75) is 118 Å². The molecule has 2 aliphatic rings. The fourth-order valence-electron chi connectivity index (χ4n) is 5.63. The fourth-order valence-corrected chi connectivity index (χ4v) is 5.63. The Hall–Kier alpha value is -1.61. The molecule has 3 nitrogen and oxygen atoms in total. The monoisotopic (exact) mass is 484 g/mol. The van der Waals surface area contributed by atoms with E-state index < -0.39 is 0 Å². The first-order chi connectivity index (χ1) is 16.6. The molecule has 198 valence electrons. The number of carbonyl (C=O) groups excluding carboxylic acids is 1. The van der Waals surface area contributed by atoms with Gasteiger partial charge in [-0.15, -0.1) is 0 Å². The van der Waals surface area contributed by atoms with Crippen molar-refractivity contribution in [3.63, 3.8) is 0 Å². The van der Waals surface area contributed by atoms with E-state index in [1.54, 1.807) is 0 Å². The molecule has 0 aromatic rings. The van der Waals surface area contributed by atoms with Gasteiger partial charge in [0.15, 0.2) is 0 Å². The zero-order valence-corrected chi connectivity index (χ0v) is 23.7. The molecule has 35 heavy (non-hydrogen) atoms. The Balaban J connectivity index is 2.14. The summed E-state index contributed by atoms with van der Waals surface area (Å²) in [5.74, 6) is 1.59. The minimum Gasteiger partial charge on any atom is -0.456 e. The zero-order chi connectivity index (χ0) is 26.0. The molecule has 2 rings (SSSR count). The van der Waals surface area contributed by atoms with Gasteiger partial charge in [0.1, 0.15) is 12.7 Å². The van der Waals surface area contributed by atoms with E-state index in [-0.39, 0.29) is 30.7 Å². The second kappa shape index (κ2) is 14.8. The summed E-state index contributed by atoms with van der Waals surface area (Å²) in [6.07, 6.45) is 16.4. The van der Waals surface area contributed by atoms with Gasteiger partial charge in [0, 0.05) is 5.92 Å². The van der Waals surface area contributed by atoms with Crippen LogP contribution in [-0.2, 0) is 14.3 Å². The van der Waals surface area contributed by atoms with Gasteiger partial charge in [0.2, 0.25) is 0 Å². The van der Waals surface area contributed by atoms with E-state index in [9.17, 15) is 4.79 Å².